The Morgan fingerprint density at radius 2 is 2.17 bits per heavy atom. The van der Waals surface area contributed by atoms with E-state index < -0.39 is 12.5 Å². The lowest BCUT2D eigenvalue weighted by Crippen LogP contribution is -2.13. The van der Waals surface area contributed by atoms with Crippen LogP contribution in [0.5, 0.6) is 5.75 Å². The van der Waals surface area contributed by atoms with E-state index in [0.717, 1.165) is 11.3 Å². The lowest BCUT2D eigenvalue weighted by molar-refractivity contribution is -0.0489. The van der Waals surface area contributed by atoms with Gasteiger partial charge in [-0.3, -0.25) is 10.1 Å². The number of carbonyl (C=O) groups excluding carboxylic acids is 1. The van der Waals surface area contributed by atoms with Crippen molar-refractivity contribution in [3.63, 3.8) is 0 Å². The number of hydrogen-bond acceptors (Lipinski definition) is 6. The molecule has 0 saturated carbocycles. The minimum atomic E-state index is -2.94. The number of aromatic nitrogens is 2. The number of halogens is 2. The number of anilines is 1. The Morgan fingerprint density at radius 1 is 1.39 bits per heavy atom. The summed E-state index contributed by atoms with van der Waals surface area (Å²) in [5.41, 5.74) is 1.06. The third-order valence-corrected chi connectivity index (χ3v) is 4.01. The minimum absolute atomic E-state index is 0.0356. The van der Waals surface area contributed by atoms with E-state index in [4.69, 9.17) is 4.52 Å². The maximum absolute atomic E-state index is 12.4. The molecule has 3 rings (SSSR count). The second-order valence-electron chi connectivity index (χ2n) is 4.65. The molecule has 120 valence electrons. The highest BCUT2D eigenvalue weighted by atomic mass is 32.1. The van der Waals surface area contributed by atoms with Crippen molar-refractivity contribution >= 4 is 32.6 Å². The van der Waals surface area contributed by atoms with Gasteiger partial charge in [-0.1, -0.05) is 22.6 Å². The number of nitrogens with one attached hydrogen (secondary N) is 1. The third kappa shape index (κ3) is 3.00. The number of amides is 1. The van der Waals surface area contributed by atoms with Crippen LogP contribution in [0.1, 0.15) is 21.8 Å². The molecule has 3 aromatic rings. The topological polar surface area (TPSA) is 77.3 Å². The Labute approximate surface area is 133 Å². The van der Waals surface area contributed by atoms with E-state index in [1.165, 1.54) is 6.07 Å². The molecule has 6 nitrogen and oxygen atoms in total. The Kier molecular flexibility index (Phi) is 3.95. The fraction of sp³-hybridized carbons (Fsp3) is 0.214. The molecule has 0 aliphatic carbocycles. The molecule has 0 fully saturated rings. The zero-order chi connectivity index (χ0) is 16.6. The average molecular weight is 339 g/mol. The number of fused-ring (bicyclic) bond motifs is 1. The molecular formula is C14H11F2N3O3S. The van der Waals surface area contributed by atoms with Crippen LogP contribution in [0.25, 0.3) is 10.2 Å². The second kappa shape index (κ2) is 5.92. The Bertz CT molecular complexity index is 856. The fourth-order valence-electron chi connectivity index (χ4n) is 2.13. The molecule has 0 bridgehead atoms. The normalized spacial score (nSPS) is 11.2. The summed E-state index contributed by atoms with van der Waals surface area (Å²) >= 11 is 1.16. The summed E-state index contributed by atoms with van der Waals surface area (Å²) in [6.07, 6.45) is 0. The van der Waals surface area contributed by atoms with Crippen molar-refractivity contribution < 1.29 is 22.8 Å². The maximum atomic E-state index is 12.4. The van der Waals surface area contributed by atoms with Crippen molar-refractivity contribution in [3.8, 4) is 5.75 Å². The summed E-state index contributed by atoms with van der Waals surface area (Å²) in [5, 5.41) is 6.61. The number of thiazole rings is 1. The summed E-state index contributed by atoms with van der Waals surface area (Å²) in [7, 11) is 0. The average Bonchev–Trinajstić information content (AvgIpc) is 3.02. The van der Waals surface area contributed by atoms with E-state index in [-0.39, 0.29) is 16.4 Å². The Balaban J connectivity index is 1.91. The molecule has 23 heavy (non-hydrogen) atoms. The highest BCUT2D eigenvalue weighted by Crippen LogP contribution is 2.33. The predicted octanol–water partition coefficient (Wildman–Crippen LogP) is 3.75. The van der Waals surface area contributed by atoms with Gasteiger partial charge in [-0.25, -0.2) is 4.98 Å². The first-order valence-electron chi connectivity index (χ1n) is 6.54. The molecule has 1 amide bonds. The molecule has 9 heteroatoms. The van der Waals surface area contributed by atoms with Crippen LogP contribution < -0.4 is 10.1 Å². The molecule has 2 aromatic heterocycles. The fourth-order valence-corrected chi connectivity index (χ4v) is 3.01. The number of hydrogen-bond donors (Lipinski definition) is 1. The molecule has 0 saturated heterocycles. The van der Waals surface area contributed by atoms with E-state index in [2.05, 4.69) is 20.2 Å². The first-order chi connectivity index (χ1) is 11.0. The molecule has 1 N–H and O–H groups in total. The largest absolute Gasteiger partial charge is 0.432 e. The number of alkyl halides is 2. The van der Waals surface area contributed by atoms with Crippen LogP contribution in [-0.2, 0) is 0 Å². The van der Waals surface area contributed by atoms with Crippen molar-refractivity contribution in [2.45, 2.75) is 20.5 Å². The van der Waals surface area contributed by atoms with Crippen LogP contribution in [0, 0.1) is 13.8 Å². The second-order valence-corrected chi connectivity index (χ2v) is 5.68. The number of rotatable bonds is 4. The lowest BCUT2D eigenvalue weighted by Gasteiger charge is -2.03. The molecule has 0 aliphatic heterocycles. The SMILES string of the molecule is Cc1noc(C)c1C(=O)Nc1nc2c(OC(F)F)cccc2s1. The molecule has 0 unspecified atom stereocenters. The van der Waals surface area contributed by atoms with Gasteiger partial charge >= 0.3 is 6.61 Å². The van der Waals surface area contributed by atoms with Crippen LogP contribution in [0.4, 0.5) is 13.9 Å². The zero-order valence-electron chi connectivity index (χ0n) is 12.1. The predicted molar refractivity (Wildman–Crippen MR) is 80.2 cm³/mol. The van der Waals surface area contributed by atoms with Gasteiger partial charge in [0.05, 0.1) is 10.4 Å². The van der Waals surface area contributed by atoms with Gasteiger partial charge in [0.15, 0.2) is 10.9 Å². The zero-order valence-corrected chi connectivity index (χ0v) is 12.9. The highest BCUT2D eigenvalue weighted by molar-refractivity contribution is 7.22. The van der Waals surface area contributed by atoms with E-state index in [0.29, 0.717) is 21.7 Å². The molecule has 2 heterocycles. The molecule has 0 radical (unpaired) electrons. The summed E-state index contributed by atoms with van der Waals surface area (Å²) in [5.74, 6) is -0.0638. The highest BCUT2D eigenvalue weighted by Gasteiger charge is 2.19. The Morgan fingerprint density at radius 3 is 2.83 bits per heavy atom. The van der Waals surface area contributed by atoms with Gasteiger partial charge < -0.3 is 9.26 Å². The quantitative estimate of drug-likeness (QED) is 0.783. The van der Waals surface area contributed by atoms with Crippen molar-refractivity contribution in [1.29, 1.82) is 0 Å². The van der Waals surface area contributed by atoms with Gasteiger partial charge in [0.1, 0.15) is 16.8 Å². The molecule has 0 spiro atoms. The molecule has 1 aromatic carbocycles. The van der Waals surface area contributed by atoms with Gasteiger partial charge in [0.2, 0.25) is 0 Å². The van der Waals surface area contributed by atoms with Crippen molar-refractivity contribution in [1.82, 2.24) is 10.1 Å². The van der Waals surface area contributed by atoms with Gasteiger partial charge in [-0.05, 0) is 26.0 Å². The monoisotopic (exact) mass is 339 g/mol. The maximum Gasteiger partial charge on any atom is 0.387 e. The molecular weight excluding hydrogens is 328 g/mol. The number of aryl methyl sites for hydroxylation is 2. The summed E-state index contributed by atoms with van der Waals surface area (Å²) < 4.78 is 34.8. The van der Waals surface area contributed by atoms with Crippen LogP contribution >= 0.6 is 11.3 Å². The Hall–Kier alpha value is -2.55. The molecule has 0 aliphatic rings. The van der Waals surface area contributed by atoms with E-state index in [9.17, 15) is 13.6 Å². The van der Waals surface area contributed by atoms with Crippen molar-refractivity contribution in [3.05, 3.63) is 35.2 Å². The van der Waals surface area contributed by atoms with Crippen LogP contribution in [0.15, 0.2) is 22.7 Å². The van der Waals surface area contributed by atoms with Crippen molar-refractivity contribution in [2.24, 2.45) is 0 Å². The smallest absolute Gasteiger partial charge is 0.387 e. The third-order valence-electron chi connectivity index (χ3n) is 3.08. The summed E-state index contributed by atoms with van der Waals surface area (Å²) in [6.45, 7) is 0.336. The van der Waals surface area contributed by atoms with Crippen molar-refractivity contribution in [2.75, 3.05) is 5.32 Å². The van der Waals surface area contributed by atoms with Gasteiger partial charge in [0.25, 0.3) is 5.91 Å². The van der Waals surface area contributed by atoms with Gasteiger partial charge in [-0.2, -0.15) is 8.78 Å². The van der Waals surface area contributed by atoms with Crippen LogP contribution in [0.2, 0.25) is 0 Å². The number of ether oxygens (including phenoxy) is 1. The van der Waals surface area contributed by atoms with E-state index in [1.54, 1.807) is 26.0 Å². The number of benzene rings is 1. The summed E-state index contributed by atoms with van der Waals surface area (Å²) in [4.78, 5) is 16.4. The first-order valence-corrected chi connectivity index (χ1v) is 7.36. The number of para-hydroxylation sites is 1. The number of carbonyl (C=O) groups is 1. The number of nitrogens with zero attached hydrogens (tertiary/aromatic N) is 2. The standard InChI is InChI=1S/C14H11F2N3O3S/c1-6-10(7(2)22-19-6)12(20)18-14-17-11-8(21-13(15)16)4-3-5-9(11)23-14/h3-5,13H,1-2H3,(H,17,18,20). The van der Waals surface area contributed by atoms with E-state index in [1.807, 2.05) is 0 Å². The van der Waals surface area contributed by atoms with Gasteiger partial charge in [-0.15, -0.1) is 0 Å². The summed E-state index contributed by atoms with van der Waals surface area (Å²) in [6, 6.07) is 4.68. The van der Waals surface area contributed by atoms with Crippen LogP contribution in [-0.4, -0.2) is 22.7 Å². The molecule has 0 atom stereocenters. The first kappa shape index (κ1) is 15.3. The van der Waals surface area contributed by atoms with E-state index >= 15 is 0 Å². The minimum Gasteiger partial charge on any atom is -0.432 e. The lowest BCUT2D eigenvalue weighted by atomic mass is 10.2. The van der Waals surface area contributed by atoms with Crippen LogP contribution in [0.3, 0.4) is 0 Å². The van der Waals surface area contributed by atoms with Gasteiger partial charge in [0, 0.05) is 0 Å².